The van der Waals surface area contributed by atoms with Gasteiger partial charge >= 0.3 is 0 Å². The number of carbonyl (C=O) groups is 3. The van der Waals surface area contributed by atoms with Crippen molar-refractivity contribution in [3.05, 3.63) is 82.8 Å². The number of nitrogens with zero attached hydrogens (tertiary/aromatic N) is 7. The van der Waals surface area contributed by atoms with Gasteiger partial charge in [0.25, 0.3) is 5.91 Å². The molecule has 0 radical (unpaired) electrons. The second kappa shape index (κ2) is 16.3. The zero-order valence-electron chi connectivity index (χ0n) is 36.4. The Hall–Kier alpha value is -4.92. The van der Waals surface area contributed by atoms with E-state index in [0.717, 1.165) is 125 Å². The molecule has 3 atom stereocenters. The number of hydrogen-bond acceptors (Lipinski definition) is 10. The smallest absolute Gasteiger partial charge is 0.255 e. The van der Waals surface area contributed by atoms with Crippen LogP contribution >= 0.6 is 0 Å². The second-order valence-electron chi connectivity index (χ2n) is 19.5. The highest BCUT2D eigenvalue weighted by Crippen LogP contribution is 2.42. The minimum absolute atomic E-state index is 0.113. The number of hydrogen-bond donors (Lipinski definition) is 2. The van der Waals surface area contributed by atoms with E-state index in [-0.39, 0.29) is 41.8 Å². The van der Waals surface area contributed by atoms with Crippen LogP contribution in [-0.2, 0) is 27.3 Å². The van der Waals surface area contributed by atoms with Crippen LogP contribution in [0.15, 0.2) is 54.9 Å². The molecule has 1 unspecified atom stereocenters. The Balaban J connectivity index is 0.718. The highest BCUT2D eigenvalue weighted by atomic mass is 19.1. The number of carbonyl (C=O) groups excluding carboxylic acids is 3. The number of halogens is 1. The lowest BCUT2D eigenvalue weighted by Crippen LogP contribution is -2.52. The van der Waals surface area contributed by atoms with E-state index in [0.29, 0.717) is 31.0 Å². The number of piperidine rings is 3. The number of amides is 3. The molecule has 4 fully saturated rings. The fourth-order valence-electron chi connectivity index (χ4n) is 11.3. The zero-order valence-corrected chi connectivity index (χ0v) is 36.4. The summed E-state index contributed by atoms with van der Waals surface area (Å²) in [5, 5.41) is 3.63. The maximum atomic E-state index is 15.3. The first kappa shape index (κ1) is 41.1. The van der Waals surface area contributed by atoms with Crippen molar-refractivity contribution in [2.24, 2.45) is 5.92 Å². The third-order valence-electron chi connectivity index (χ3n) is 14.7. The molecule has 6 aliphatic heterocycles. The van der Waals surface area contributed by atoms with E-state index in [1.807, 2.05) is 24.5 Å². The summed E-state index contributed by atoms with van der Waals surface area (Å²) >= 11 is 0. The largest absolute Gasteiger partial charge is 0.373 e. The van der Waals surface area contributed by atoms with Crippen LogP contribution in [0.1, 0.15) is 105 Å². The predicted octanol–water partition coefficient (Wildman–Crippen LogP) is 5.78. The lowest BCUT2D eigenvalue weighted by atomic mass is 9.87. The molecule has 10 rings (SSSR count). The Morgan fingerprint density at radius 1 is 0.919 bits per heavy atom. The average molecular weight is 846 g/mol. The van der Waals surface area contributed by atoms with Crippen molar-refractivity contribution in [1.82, 2.24) is 35.0 Å². The van der Waals surface area contributed by atoms with Gasteiger partial charge in [-0.2, -0.15) is 0 Å². The van der Waals surface area contributed by atoms with Gasteiger partial charge in [-0.05, 0) is 107 Å². The van der Waals surface area contributed by atoms with Crippen LogP contribution < -0.4 is 15.1 Å². The van der Waals surface area contributed by atoms with Crippen LogP contribution in [0.5, 0.6) is 0 Å². The maximum Gasteiger partial charge on any atom is 0.255 e. The Labute approximate surface area is 363 Å². The van der Waals surface area contributed by atoms with Gasteiger partial charge < -0.3 is 29.3 Å². The summed E-state index contributed by atoms with van der Waals surface area (Å²) in [4.78, 5) is 62.3. The molecule has 3 amide bonds. The molecule has 4 saturated heterocycles. The average Bonchev–Trinajstić information content (AvgIpc) is 3.72. The van der Waals surface area contributed by atoms with Gasteiger partial charge in [-0.1, -0.05) is 18.2 Å². The number of H-pyrrole nitrogens is 1. The van der Waals surface area contributed by atoms with Crippen LogP contribution in [-0.4, -0.2) is 130 Å². The molecule has 4 aromatic rings. The quantitative estimate of drug-likeness (QED) is 0.211. The molecule has 8 heterocycles. The predicted molar refractivity (Wildman–Crippen MR) is 236 cm³/mol. The van der Waals surface area contributed by atoms with Gasteiger partial charge in [-0.25, -0.2) is 14.4 Å². The topological polar surface area (TPSA) is 130 Å². The number of nitrogens with one attached hydrogen (secondary N) is 2. The summed E-state index contributed by atoms with van der Waals surface area (Å²) in [7, 11) is 0. The molecule has 2 aromatic heterocycles. The van der Waals surface area contributed by atoms with Gasteiger partial charge in [0.1, 0.15) is 11.7 Å². The van der Waals surface area contributed by atoms with Gasteiger partial charge in [0.05, 0.1) is 18.2 Å². The number of rotatable bonds is 8. The fraction of sp³-hybridized carbons (Fsp3) is 0.562. The summed E-state index contributed by atoms with van der Waals surface area (Å²) in [6.45, 7) is 13.7. The first-order chi connectivity index (χ1) is 29.9. The molecule has 2 aromatic carbocycles. The van der Waals surface area contributed by atoms with Gasteiger partial charge in [-0.3, -0.25) is 24.6 Å². The van der Waals surface area contributed by atoms with E-state index in [9.17, 15) is 14.4 Å². The SMILES string of the molecule is C[C@@H]1Cc2c([nH]c3ccccc23)[C@@H](c2cnc(N3CCC(CN4CCOC5(CC4)CCN(c4ccc6c(c4)CN(C4CCC(=O)NC4=O)C6=O)CC5)CC3)nc2)N1CC(C)(C)F. The van der Waals surface area contributed by atoms with Gasteiger partial charge in [0.2, 0.25) is 17.8 Å². The van der Waals surface area contributed by atoms with E-state index in [1.54, 1.807) is 18.7 Å². The van der Waals surface area contributed by atoms with E-state index in [1.165, 1.54) is 10.9 Å². The molecular formula is C48H60FN9O4. The standard InChI is InChI=1S/C48H60FN9O4/c1-31-24-38-37-6-4-5-7-39(37)52-42(38)43(58(31)30-47(2,3)49)34-26-50-46(51-27-34)56-17-12-32(13-18-56)28-54-19-14-48(62-23-22-54)15-20-55(21-16-48)35-8-9-36-33(25-35)29-57(45(36)61)40-10-11-41(59)53-44(40)60/h4-9,25-27,31-32,40,43,52H,10-24,28-30H2,1-3H3,(H,53,59,60)/t31-,40?,43-/m1/s1. The summed E-state index contributed by atoms with van der Waals surface area (Å²) in [5.74, 6) is 0.587. The minimum Gasteiger partial charge on any atom is -0.373 e. The van der Waals surface area contributed by atoms with Gasteiger partial charge in [-0.15, -0.1) is 0 Å². The Morgan fingerprint density at radius 3 is 2.44 bits per heavy atom. The number of aromatic amines is 1. The van der Waals surface area contributed by atoms with Crippen LogP contribution in [0.3, 0.4) is 0 Å². The summed E-state index contributed by atoms with van der Waals surface area (Å²) in [6.07, 6.45) is 10.6. The number of fused-ring (bicyclic) bond motifs is 4. The zero-order chi connectivity index (χ0) is 42.8. The number of aromatic nitrogens is 3. The van der Waals surface area contributed by atoms with Gasteiger partial charge in [0, 0.05) is 117 Å². The van der Waals surface area contributed by atoms with Crippen molar-refractivity contribution < 1.29 is 23.5 Å². The third-order valence-corrected chi connectivity index (χ3v) is 14.7. The van der Waals surface area contributed by atoms with E-state index < -0.39 is 11.7 Å². The van der Waals surface area contributed by atoms with Crippen molar-refractivity contribution in [3.8, 4) is 0 Å². The molecular weight excluding hydrogens is 786 g/mol. The lowest BCUT2D eigenvalue weighted by molar-refractivity contribution is -0.136. The second-order valence-corrected chi connectivity index (χ2v) is 19.5. The van der Waals surface area contributed by atoms with Crippen molar-refractivity contribution in [1.29, 1.82) is 0 Å². The summed E-state index contributed by atoms with van der Waals surface area (Å²) in [6, 6.07) is 13.9. The number of imide groups is 1. The van der Waals surface area contributed by atoms with Gasteiger partial charge in [0.15, 0.2) is 0 Å². The first-order valence-corrected chi connectivity index (χ1v) is 22.9. The Morgan fingerprint density at radius 2 is 1.68 bits per heavy atom. The Kier molecular flexibility index (Phi) is 10.8. The molecule has 6 aliphatic rings. The van der Waals surface area contributed by atoms with Crippen LogP contribution in [0, 0.1) is 5.92 Å². The summed E-state index contributed by atoms with van der Waals surface area (Å²) < 4.78 is 21.9. The highest BCUT2D eigenvalue weighted by Gasteiger charge is 2.42. The molecule has 13 nitrogen and oxygen atoms in total. The van der Waals surface area contributed by atoms with Crippen LogP contribution in [0.2, 0.25) is 0 Å². The molecule has 0 bridgehead atoms. The van der Waals surface area contributed by atoms with Crippen molar-refractivity contribution in [3.63, 3.8) is 0 Å². The number of ether oxygens (including phenoxy) is 1. The molecule has 1 spiro atoms. The molecule has 62 heavy (non-hydrogen) atoms. The molecule has 14 heteroatoms. The number of para-hydroxylation sites is 1. The molecule has 328 valence electrons. The number of anilines is 2. The summed E-state index contributed by atoms with van der Waals surface area (Å²) in [5.41, 5.74) is 5.77. The first-order valence-electron chi connectivity index (χ1n) is 22.9. The Bertz CT molecular complexity index is 2330. The number of alkyl halides is 1. The molecule has 0 aliphatic carbocycles. The van der Waals surface area contributed by atoms with E-state index in [4.69, 9.17) is 14.7 Å². The highest BCUT2D eigenvalue weighted by molar-refractivity contribution is 6.05. The van der Waals surface area contributed by atoms with E-state index >= 15 is 4.39 Å². The van der Waals surface area contributed by atoms with Crippen LogP contribution in [0.4, 0.5) is 16.0 Å². The lowest BCUT2D eigenvalue weighted by Gasteiger charge is -2.42. The fourth-order valence-corrected chi connectivity index (χ4v) is 11.3. The monoisotopic (exact) mass is 845 g/mol. The van der Waals surface area contributed by atoms with Crippen molar-refractivity contribution >= 4 is 40.3 Å². The third kappa shape index (κ3) is 7.98. The van der Waals surface area contributed by atoms with Crippen molar-refractivity contribution in [2.75, 3.05) is 68.8 Å². The van der Waals surface area contributed by atoms with Crippen LogP contribution in [0.25, 0.3) is 10.9 Å². The number of benzene rings is 2. The van der Waals surface area contributed by atoms with Crippen molar-refractivity contribution in [2.45, 2.75) is 108 Å². The molecule has 0 saturated carbocycles. The molecule has 2 N–H and O–H groups in total. The minimum atomic E-state index is -1.34. The van der Waals surface area contributed by atoms with E-state index in [2.05, 4.69) is 67.2 Å². The maximum absolute atomic E-state index is 15.3. The normalized spacial score (nSPS) is 25.3.